The maximum atomic E-state index is 10.9. The van der Waals surface area contributed by atoms with E-state index in [2.05, 4.69) is 24.3 Å². The average molecular weight is 174 g/mol. The standard InChI is InChI=1S/C11H10O2/c12-11(13)10-5-6-1-2-9(10)8-4-3-7(6)8/h1-9H,(H,12,13)/t6-,7-,8-,9+/m1/s1. The van der Waals surface area contributed by atoms with Crippen LogP contribution in [0.3, 0.4) is 0 Å². The maximum Gasteiger partial charge on any atom is 0.331 e. The van der Waals surface area contributed by atoms with E-state index < -0.39 is 5.97 Å². The molecule has 0 aromatic rings. The summed E-state index contributed by atoms with van der Waals surface area (Å²) in [4.78, 5) is 10.9. The molecule has 0 saturated carbocycles. The number of allylic oxidation sites excluding steroid dienone is 5. The Hall–Kier alpha value is -1.31. The molecule has 2 heteroatoms. The zero-order chi connectivity index (χ0) is 9.00. The van der Waals surface area contributed by atoms with Crippen LogP contribution >= 0.6 is 0 Å². The third-order valence-electron chi connectivity index (χ3n) is 3.38. The first-order valence-electron chi connectivity index (χ1n) is 4.59. The Balaban J connectivity index is 2.05. The van der Waals surface area contributed by atoms with Crippen molar-refractivity contribution in [1.29, 1.82) is 0 Å². The molecule has 0 heterocycles. The zero-order valence-corrected chi connectivity index (χ0v) is 7.05. The van der Waals surface area contributed by atoms with Crippen LogP contribution < -0.4 is 0 Å². The number of hydrogen-bond donors (Lipinski definition) is 1. The van der Waals surface area contributed by atoms with Crippen LogP contribution in [-0.2, 0) is 4.79 Å². The van der Waals surface area contributed by atoms with Crippen molar-refractivity contribution in [3.63, 3.8) is 0 Å². The summed E-state index contributed by atoms with van der Waals surface area (Å²) in [6.07, 6.45) is 10.4. The molecule has 66 valence electrons. The minimum absolute atomic E-state index is 0.137. The quantitative estimate of drug-likeness (QED) is 0.613. The van der Waals surface area contributed by atoms with E-state index in [9.17, 15) is 4.79 Å². The van der Waals surface area contributed by atoms with Crippen molar-refractivity contribution in [2.24, 2.45) is 23.7 Å². The lowest BCUT2D eigenvalue weighted by molar-refractivity contribution is -0.133. The maximum absolute atomic E-state index is 10.9. The minimum Gasteiger partial charge on any atom is -0.478 e. The Morgan fingerprint density at radius 3 is 2.46 bits per heavy atom. The molecule has 0 radical (unpaired) electrons. The molecule has 4 aliphatic rings. The van der Waals surface area contributed by atoms with Crippen LogP contribution in [0.15, 0.2) is 36.0 Å². The Labute approximate surface area is 76.3 Å². The molecular formula is C11H10O2. The lowest BCUT2D eigenvalue weighted by atomic mass is 9.58. The van der Waals surface area contributed by atoms with E-state index in [1.807, 2.05) is 6.08 Å². The number of carbonyl (C=O) groups is 1. The predicted molar refractivity (Wildman–Crippen MR) is 48.0 cm³/mol. The molecule has 0 unspecified atom stereocenters. The number of rotatable bonds is 1. The molecule has 4 rings (SSSR count). The fourth-order valence-corrected chi connectivity index (χ4v) is 2.63. The van der Waals surface area contributed by atoms with Crippen molar-refractivity contribution in [1.82, 2.24) is 0 Å². The topological polar surface area (TPSA) is 37.3 Å². The summed E-state index contributed by atoms with van der Waals surface area (Å²) in [6, 6.07) is 0. The van der Waals surface area contributed by atoms with Crippen LogP contribution in [0.25, 0.3) is 0 Å². The van der Waals surface area contributed by atoms with Crippen LogP contribution in [0.2, 0.25) is 0 Å². The van der Waals surface area contributed by atoms with E-state index in [0.29, 0.717) is 23.3 Å². The SMILES string of the molecule is O=C(O)C1=C[C@H]2C=C[C@H]1[C@@H]1C=C[C@H]21. The molecule has 13 heavy (non-hydrogen) atoms. The van der Waals surface area contributed by atoms with Gasteiger partial charge in [-0.05, 0) is 11.8 Å². The Kier molecular flexibility index (Phi) is 1.17. The Morgan fingerprint density at radius 1 is 1.15 bits per heavy atom. The van der Waals surface area contributed by atoms with Gasteiger partial charge in [0, 0.05) is 17.4 Å². The number of hydrogen-bond acceptors (Lipinski definition) is 1. The highest BCUT2D eigenvalue weighted by Gasteiger charge is 2.44. The molecule has 0 aromatic heterocycles. The number of aliphatic carboxylic acids is 1. The first-order valence-corrected chi connectivity index (χ1v) is 4.59. The highest BCUT2D eigenvalue weighted by atomic mass is 16.4. The molecule has 0 fully saturated rings. The van der Waals surface area contributed by atoms with Crippen LogP contribution in [0.1, 0.15) is 0 Å². The van der Waals surface area contributed by atoms with Crippen LogP contribution in [0.4, 0.5) is 0 Å². The molecule has 4 atom stereocenters. The molecule has 0 aromatic carbocycles. The second-order valence-electron chi connectivity index (χ2n) is 3.95. The van der Waals surface area contributed by atoms with Crippen molar-refractivity contribution in [3.8, 4) is 0 Å². The first-order chi connectivity index (χ1) is 6.27. The summed E-state index contributed by atoms with van der Waals surface area (Å²) in [5, 5.41) is 8.96. The third-order valence-corrected chi connectivity index (χ3v) is 3.38. The summed E-state index contributed by atoms with van der Waals surface area (Å²) in [5.74, 6) is 0.769. The molecule has 0 saturated heterocycles. The van der Waals surface area contributed by atoms with Gasteiger partial charge in [0.25, 0.3) is 0 Å². The summed E-state index contributed by atoms with van der Waals surface area (Å²) in [7, 11) is 0. The fourth-order valence-electron chi connectivity index (χ4n) is 2.63. The van der Waals surface area contributed by atoms with E-state index in [-0.39, 0.29) is 5.92 Å². The Morgan fingerprint density at radius 2 is 1.92 bits per heavy atom. The summed E-state index contributed by atoms with van der Waals surface area (Å²) in [6.45, 7) is 0. The third kappa shape index (κ3) is 0.755. The lowest BCUT2D eigenvalue weighted by Gasteiger charge is -2.45. The van der Waals surface area contributed by atoms with Gasteiger partial charge in [-0.3, -0.25) is 0 Å². The average Bonchev–Trinajstić information content (AvgIpc) is 2.03. The van der Waals surface area contributed by atoms with Crippen molar-refractivity contribution >= 4 is 5.97 Å². The van der Waals surface area contributed by atoms with Gasteiger partial charge in [-0.2, -0.15) is 0 Å². The highest BCUT2D eigenvalue weighted by Crippen LogP contribution is 2.49. The molecule has 1 N–H and O–H groups in total. The molecule has 0 aliphatic heterocycles. The van der Waals surface area contributed by atoms with Gasteiger partial charge in [0.1, 0.15) is 0 Å². The normalized spacial score (nSPS) is 43.8. The van der Waals surface area contributed by atoms with Crippen molar-refractivity contribution in [2.75, 3.05) is 0 Å². The van der Waals surface area contributed by atoms with Crippen LogP contribution in [0, 0.1) is 23.7 Å². The highest BCUT2D eigenvalue weighted by molar-refractivity contribution is 5.88. The molecule has 2 nitrogen and oxygen atoms in total. The van der Waals surface area contributed by atoms with Gasteiger partial charge in [-0.15, -0.1) is 0 Å². The van der Waals surface area contributed by atoms with Crippen molar-refractivity contribution < 1.29 is 9.90 Å². The Bertz CT molecular complexity index is 362. The molecule has 4 aliphatic carbocycles. The van der Waals surface area contributed by atoms with E-state index in [1.54, 1.807) is 0 Å². The predicted octanol–water partition coefficient (Wildman–Crippen LogP) is 1.62. The monoisotopic (exact) mass is 174 g/mol. The van der Waals surface area contributed by atoms with Gasteiger partial charge in [0.2, 0.25) is 0 Å². The van der Waals surface area contributed by atoms with Gasteiger partial charge < -0.3 is 5.11 Å². The van der Waals surface area contributed by atoms with Crippen LogP contribution in [-0.4, -0.2) is 11.1 Å². The molecule has 0 amide bonds. The smallest absolute Gasteiger partial charge is 0.331 e. The van der Waals surface area contributed by atoms with Gasteiger partial charge in [-0.25, -0.2) is 4.79 Å². The van der Waals surface area contributed by atoms with Gasteiger partial charge in [-0.1, -0.05) is 30.4 Å². The second kappa shape index (κ2) is 2.13. The second-order valence-corrected chi connectivity index (χ2v) is 3.95. The molecule has 0 spiro atoms. The first kappa shape index (κ1) is 7.13. The lowest BCUT2D eigenvalue weighted by Crippen LogP contribution is -2.40. The van der Waals surface area contributed by atoms with Crippen LogP contribution in [0.5, 0.6) is 0 Å². The van der Waals surface area contributed by atoms with E-state index >= 15 is 0 Å². The summed E-state index contributed by atoms with van der Waals surface area (Å²) in [5.41, 5.74) is 0.595. The zero-order valence-electron chi connectivity index (χ0n) is 7.05. The molecular weight excluding hydrogens is 164 g/mol. The number of carboxylic acid groups (broad SMARTS) is 1. The van der Waals surface area contributed by atoms with Gasteiger partial charge in [0.15, 0.2) is 0 Å². The largest absolute Gasteiger partial charge is 0.478 e. The van der Waals surface area contributed by atoms with E-state index in [0.717, 1.165) is 0 Å². The van der Waals surface area contributed by atoms with E-state index in [1.165, 1.54) is 0 Å². The summed E-state index contributed by atoms with van der Waals surface area (Å²) >= 11 is 0. The molecule has 2 bridgehead atoms. The van der Waals surface area contributed by atoms with Crippen molar-refractivity contribution in [2.45, 2.75) is 0 Å². The van der Waals surface area contributed by atoms with Gasteiger partial charge in [0.05, 0.1) is 0 Å². The summed E-state index contributed by atoms with van der Waals surface area (Å²) < 4.78 is 0. The minimum atomic E-state index is -0.752. The van der Waals surface area contributed by atoms with Crippen molar-refractivity contribution in [3.05, 3.63) is 36.0 Å². The van der Waals surface area contributed by atoms with E-state index in [4.69, 9.17) is 5.11 Å². The van der Waals surface area contributed by atoms with Gasteiger partial charge >= 0.3 is 5.97 Å². The fraction of sp³-hybridized carbons (Fsp3) is 0.364. The number of carboxylic acids is 1.